The molecule has 2 aliphatic rings. The van der Waals surface area contributed by atoms with Gasteiger partial charge in [0.05, 0.1) is 25.2 Å². The molecule has 0 radical (unpaired) electrons. The third-order valence-corrected chi connectivity index (χ3v) is 7.14. The van der Waals surface area contributed by atoms with Crippen molar-refractivity contribution in [2.24, 2.45) is 5.73 Å². The summed E-state index contributed by atoms with van der Waals surface area (Å²) in [4.78, 5) is 34.5. The quantitative estimate of drug-likeness (QED) is 0.403. The van der Waals surface area contributed by atoms with Crippen molar-refractivity contribution in [3.05, 3.63) is 59.9 Å². The van der Waals surface area contributed by atoms with E-state index >= 15 is 0 Å². The first-order valence-electron chi connectivity index (χ1n) is 12.3. The first kappa shape index (κ1) is 25.0. The summed E-state index contributed by atoms with van der Waals surface area (Å²) in [6.45, 7) is 2.74. The minimum Gasteiger partial charge on any atom is -0.494 e. The number of amides is 1. The molecule has 2 saturated heterocycles. The van der Waals surface area contributed by atoms with Crippen molar-refractivity contribution in [2.75, 3.05) is 25.1 Å². The number of nitrogens with zero attached hydrogens (tertiary/aromatic N) is 6. The number of piperazine rings is 1. The number of hydrogen-bond donors (Lipinski definition) is 1. The number of fused-ring (bicyclic) bond motifs is 3. The van der Waals surface area contributed by atoms with Gasteiger partial charge in [0.15, 0.2) is 11.5 Å². The normalized spacial score (nSPS) is 19.6. The van der Waals surface area contributed by atoms with Gasteiger partial charge in [-0.15, -0.1) is 0 Å². The number of benzene rings is 1. The van der Waals surface area contributed by atoms with Crippen LogP contribution in [0.2, 0.25) is 0 Å². The minimum atomic E-state index is -4.63. The van der Waals surface area contributed by atoms with Crippen LogP contribution in [-0.4, -0.2) is 63.0 Å². The largest absolute Gasteiger partial charge is 0.494 e. The van der Waals surface area contributed by atoms with E-state index in [-0.39, 0.29) is 46.6 Å². The SMILES string of the molecule is COc1ccc(-c2nc(C(=O)N3C[C@H]4C[C@H]3CN4c3ncccn3)c([C@H](C)N)o2)c2ccc(C(F)(F)F)nc12. The molecule has 1 amide bonds. The fraction of sp³-hybridized carbons (Fsp3) is 0.346. The van der Waals surface area contributed by atoms with Gasteiger partial charge >= 0.3 is 6.18 Å². The molecule has 0 aliphatic carbocycles. The predicted octanol–water partition coefficient (Wildman–Crippen LogP) is 3.83. The Morgan fingerprint density at radius 2 is 1.90 bits per heavy atom. The molecule has 3 aromatic heterocycles. The highest BCUT2D eigenvalue weighted by Crippen LogP contribution is 2.39. The average Bonchev–Trinajstić information content (AvgIpc) is 3.66. The lowest BCUT2D eigenvalue weighted by Crippen LogP contribution is -2.49. The van der Waals surface area contributed by atoms with Crippen molar-refractivity contribution in [3.8, 4) is 17.2 Å². The molecule has 13 heteroatoms. The molecule has 202 valence electrons. The molecule has 0 unspecified atom stereocenters. The summed E-state index contributed by atoms with van der Waals surface area (Å²) in [5, 5.41) is 0.331. The molecule has 0 spiro atoms. The number of methoxy groups -OCH3 is 1. The second-order valence-corrected chi connectivity index (χ2v) is 9.63. The number of nitrogens with two attached hydrogens (primary N) is 1. The van der Waals surface area contributed by atoms with Gasteiger partial charge in [0.2, 0.25) is 11.8 Å². The van der Waals surface area contributed by atoms with Gasteiger partial charge in [0.1, 0.15) is 17.0 Å². The first-order chi connectivity index (χ1) is 18.7. The van der Waals surface area contributed by atoms with Crippen LogP contribution in [0, 0.1) is 0 Å². The van der Waals surface area contributed by atoms with Crippen molar-refractivity contribution in [2.45, 2.75) is 37.6 Å². The molecular formula is C26H24F3N7O3. The Balaban J connectivity index is 1.35. The number of hydrogen-bond acceptors (Lipinski definition) is 9. The molecule has 39 heavy (non-hydrogen) atoms. The van der Waals surface area contributed by atoms with Crippen LogP contribution in [0.3, 0.4) is 0 Å². The van der Waals surface area contributed by atoms with Gasteiger partial charge in [-0.2, -0.15) is 13.2 Å². The summed E-state index contributed by atoms with van der Waals surface area (Å²) in [6.07, 6.45) is -0.480. The monoisotopic (exact) mass is 539 g/mol. The summed E-state index contributed by atoms with van der Waals surface area (Å²) in [6, 6.07) is 6.39. The lowest BCUT2D eigenvalue weighted by atomic mass is 10.1. The molecule has 0 saturated carbocycles. The third-order valence-electron chi connectivity index (χ3n) is 7.14. The van der Waals surface area contributed by atoms with Crippen molar-refractivity contribution >= 4 is 22.8 Å². The zero-order valence-electron chi connectivity index (χ0n) is 21.0. The van der Waals surface area contributed by atoms with Gasteiger partial charge < -0.3 is 24.7 Å². The molecule has 2 fully saturated rings. The lowest BCUT2D eigenvalue weighted by molar-refractivity contribution is -0.140. The third kappa shape index (κ3) is 4.22. The number of likely N-dealkylation sites (tertiary alicyclic amines) is 1. The van der Waals surface area contributed by atoms with Crippen LogP contribution in [0.25, 0.3) is 22.4 Å². The molecule has 1 aromatic carbocycles. The molecule has 5 heterocycles. The average molecular weight is 540 g/mol. The number of oxazole rings is 1. The number of halogens is 3. The van der Waals surface area contributed by atoms with Crippen LogP contribution < -0.4 is 15.4 Å². The van der Waals surface area contributed by atoms with Gasteiger partial charge in [0.25, 0.3) is 5.91 Å². The van der Waals surface area contributed by atoms with E-state index in [2.05, 4.69) is 24.8 Å². The number of carbonyl (C=O) groups is 1. The van der Waals surface area contributed by atoms with Crippen LogP contribution in [0.1, 0.15) is 41.3 Å². The molecular weight excluding hydrogens is 515 g/mol. The Morgan fingerprint density at radius 3 is 2.54 bits per heavy atom. The first-order valence-corrected chi connectivity index (χ1v) is 12.3. The standard InChI is InChI=1S/C26H24F3N7O3/c1-13(30)22-21(24(37)35-11-15-10-14(35)12-36(15)25-31-8-3-9-32-25)34-23(39-22)17-4-6-18(38-2)20-16(17)5-7-19(33-20)26(27,28)29/h3-9,13-15H,10-12,30H2,1-2H3/t13-,14-,15+/m0/s1. The van der Waals surface area contributed by atoms with Gasteiger partial charge in [-0.25, -0.2) is 19.9 Å². The van der Waals surface area contributed by atoms with Crippen LogP contribution in [0.15, 0.2) is 47.1 Å². The van der Waals surface area contributed by atoms with E-state index in [1.54, 1.807) is 36.4 Å². The van der Waals surface area contributed by atoms with Crippen LogP contribution in [0.5, 0.6) is 5.75 Å². The molecule has 2 aliphatic heterocycles. The number of alkyl halides is 3. The van der Waals surface area contributed by atoms with E-state index in [1.807, 2.05) is 0 Å². The van der Waals surface area contributed by atoms with Crippen molar-refractivity contribution in [3.63, 3.8) is 0 Å². The molecule has 2 bridgehead atoms. The summed E-state index contributed by atoms with van der Waals surface area (Å²) in [5.41, 5.74) is 5.55. The highest BCUT2D eigenvalue weighted by molar-refractivity contribution is 5.98. The van der Waals surface area contributed by atoms with Crippen molar-refractivity contribution in [1.29, 1.82) is 0 Å². The second kappa shape index (κ2) is 9.19. The Bertz CT molecular complexity index is 1560. The maximum absolute atomic E-state index is 13.7. The molecule has 3 atom stereocenters. The Labute approximate surface area is 220 Å². The van der Waals surface area contributed by atoms with E-state index in [4.69, 9.17) is 14.9 Å². The van der Waals surface area contributed by atoms with Crippen LogP contribution >= 0.6 is 0 Å². The molecule has 6 rings (SSSR count). The zero-order valence-corrected chi connectivity index (χ0v) is 21.0. The second-order valence-electron chi connectivity index (χ2n) is 9.63. The topological polar surface area (TPSA) is 124 Å². The minimum absolute atomic E-state index is 0.00155. The summed E-state index contributed by atoms with van der Waals surface area (Å²) >= 11 is 0. The highest BCUT2D eigenvalue weighted by atomic mass is 19.4. The fourth-order valence-corrected chi connectivity index (χ4v) is 5.35. The number of aromatic nitrogens is 4. The van der Waals surface area contributed by atoms with Gasteiger partial charge in [-0.1, -0.05) is 0 Å². The van der Waals surface area contributed by atoms with E-state index in [0.717, 1.165) is 12.5 Å². The van der Waals surface area contributed by atoms with Crippen LogP contribution in [0.4, 0.5) is 19.1 Å². The summed E-state index contributed by atoms with van der Waals surface area (Å²) < 4.78 is 51.3. The van der Waals surface area contributed by atoms with Crippen molar-refractivity contribution < 1.29 is 27.1 Å². The zero-order chi connectivity index (χ0) is 27.5. The summed E-state index contributed by atoms with van der Waals surface area (Å²) in [7, 11) is 1.35. The van der Waals surface area contributed by atoms with Crippen molar-refractivity contribution in [1.82, 2.24) is 24.8 Å². The maximum Gasteiger partial charge on any atom is 0.433 e. The fourth-order valence-electron chi connectivity index (χ4n) is 5.35. The van der Waals surface area contributed by atoms with Crippen LogP contribution in [-0.2, 0) is 6.18 Å². The van der Waals surface area contributed by atoms with Gasteiger partial charge in [-0.05, 0) is 43.7 Å². The van der Waals surface area contributed by atoms with E-state index in [0.29, 0.717) is 30.0 Å². The number of pyridine rings is 1. The highest BCUT2D eigenvalue weighted by Gasteiger charge is 2.47. The Morgan fingerprint density at radius 1 is 1.13 bits per heavy atom. The van der Waals surface area contributed by atoms with E-state index in [1.165, 1.54) is 19.2 Å². The van der Waals surface area contributed by atoms with E-state index in [9.17, 15) is 18.0 Å². The molecule has 2 N–H and O–H groups in total. The predicted molar refractivity (Wildman–Crippen MR) is 134 cm³/mol. The lowest BCUT2D eigenvalue weighted by Gasteiger charge is -2.33. The van der Waals surface area contributed by atoms with Gasteiger partial charge in [-0.3, -0.25) is 4.79 Å². The Kier molecular flexibility index (Phi) is 5.90. The molecule has 10 nitrogen and oxygen atoms in total. The molecule has 4 aromatic rings. The maximum atomic E-state index is 13.7. The smallest absolute Gasteiger partial charge is 0.433 e. The van der Waals surface area contributed by atoms with Gasteiger partial charge in [0, 0.05) is 36.4 Å². The number of ether oxygens (including phenoxy) is 1. The summed E-state index contributed by atoms with van der Waals surface area (Å²) in [5.74, 6) is 0.739. The number of anilines is 1. The number of carbonyl (C=O) groups excluding carboxylic acids is 1. The number of rotatable bonds is 5. The Hall–Kier alpha value is -4.26. The van der Waals surface area contributed by atoms with E-state index < -0.39 is 17.9 Å².